The summed E-state index contributed by atoms with van der Waals surface area (Å²) in [6, 6.07) is 14.6. The van der Waals surface area contributed by atoms with E-state index in [0.717, 1.165) is 23.6 Å². The average molecular weight is 284 g/mol. The summed E-state index contributed by atoms with van der Waals surface area (Å²) < 4.78 is 9.90. The summed E-state index contributed by atoms with van der Waals surface area (Å²) in [6.45, 7) is 0.853. The average Bonchev–Trinajstić information content (AvgIpc) is 2.95. The first kappa shape index (κ1) is 13.1. The summed E-state index contributed by atoms with van der Waals surface area (Å²) >= 11 is 1.54. The van der Waals surface area contributed by atoms with Crippen molar-refractivity contribution in [2.45, 2.75) is 6.54 Å². The van der Waals surface area contributed by atoms with Gasteiger partial charge in [0.25, 0.3) is 0 Å². The van der Waals surface area contributed by atoms with Gasteiger partial charge in [0.05, 0.1) is 12.8 Å². The molecule has 0 aliphatic carbocycles. The number of ether oxygens (including phenoxy) is 1. The molecule has 0 aliphatic heterocycles. The lowest BCUT2D eigenvalue weighted by Gasteiger charge is -2.06. The fraction of sp³-hybridized carbons (Fsp3) is 0.188. The van der Waals surface area contributed by atoms with Crippen molar-refractivity contribution in [2.24, 2.45) is 0 Å². The van der Waals surface area contributed by atoms with Crippen LogP contribution >= 0.6 is 11.5 Å². The third-order valence-corrected chi connectivity index (χ3v) is 4.06. The number of fused-ring (bicyclic) bond motifs is 1. The quantitative estimate of drug-likeness (QED) is 0.793. The molecule has 3 aromatic rings. The molecule has 0 bridgehead atoms. The van der Waals surface area contributed by atoms with Crippen LogP contribution in [0.15, 0.2) is 42.5 Å². The zero-order valence-corrected chi connectivity index (χ0v) is 12.3. The molecule has 0 fully saturated rings. The summed E-state index contributed by atoms with van der Waals surface area (Å²) in [5.74, 6) is 0.871. The highest BCUT2D eigenvalue weighted by Crippen LogP contribution is 2.31. The van der Waals surface area contributed by atoms with Gasteiger partial charge in [-0.3, -0.25) is 0 Å². The van der Waals surface area contributed by atoms with Crippen molar-refractivity contribution < 1.29 is 4.74 Å². The van der Waals surface area contributed by atoms with Gasteiger partial charge in [-0.25, -0.2) is 0 Å². The molecule has 0 amide bonds. The Bertz CT molecular complexity index is 736. The fourth-order valence-electron chi connectivity index (χ4n) is 2.30. The zero-order valence-electron chi connectivity index (χ0n) is 11.5. The maximum atomic E-state index is 5.33. The van der Waals surface area contributed by atoms with E-state index in [4.69, 9.17) is 4.74 Å². The Kier molecular flexibility index (Phi) is 3.67. The Balaban J connectivity index is 2.13. The number of hydrogen-bond donors (Lipinski definition) is 1. The highest BCUT2D eigenvalue weighted by atomic mass is 32.1. The standard InChI is InChI=1S/C16H16N2OS/c1-17-10-13-9-16(18-20-13)14-5-3-4-11-6-7-12(19-2)8-15(11)14/h3-9,17H,10H2,1-2H3. The maximum absolute atomic E-state index is 5.33. The van der Waals surface area contributed by atoms with Crippen molar-refractivity contribution in [1.29, 1.82) is 0 Å². The third-order valence-electron chi connectivity index (χ3n) is 3.28. The molecule has 3 nitrogen and oxygen atoms in total. The monoisotopic (exact) mass is 284 g/mol. The van der Waals surface area contributed by atoms with Crippen molar-refractivity contribution in [3.8, 4) is 17.0 Å². The first-order chi connectivity index (χ1) is 9.81. The number of methoxy groups -OCH3 is 1. The Morgan fingerprint density at radius 2 is 2.10 bits per heavy atom. The van der Waals surface area contributed by atoms with Crippen molar-refractivity contribution in [1.82, 2.24) is 9.69 Å². The van der Waals surface area contributed by atoms with Crippen LogP contribution in [0.1, 0.15) is 4.88 Å². The smallest absolute Gasteiger partial charge is 0.119 e. The topological polar surface area (TPSA) is 34.1 Å². The number of aromatic nitrogens is 1. The molecule has 102 valence electrons. The number of hydrogen-bond acceptors (Lipinski definition) is 4. The second-order valence-corrected chi connectivity index (χ2v) is 5.49. The minimum absolute atomic E-state index is 0.853. The lowest BCUT2D eigenvalue weighted by Crippen LogP contribution is -2.02. The number of nitrogens with zero attached hydrogens (tertiary/aromatic N) is 1. The number of benzene rings is 2. The van der Waals surface area contributed by atoms with E-state index in [1.165, 1.54) is 15.6 Å². The van der Waals surface area contributed by atoms with Crippen molar-refractivity contribution in [3.63, 3.8) is 0 Å². The molecule has 3 rings (SSSR count). The second-order valence-electron chi connectivity index (χ2n) is 4.60. The van der Waals surface area contributed by atoms with Crippen LogP contribution in [0, 0.1) is 0 Å². The van der Waals surface area contributed by atoms with E-state index in [9.17, 15) is 0 Å². The van der Waals surface area contributed by atoms with Crippen LogP contribution in [0.4, 0.5) is 0 Å². The molecule has 1 aromatic heterocycles. The third kappa shape index (κ3) is 2.40. The van der Waals surface area contributed by atoms with E-state index in [0.29, 0.717) is 0 Å². The molecule has 1 heterocycles. The van der Waals surface area contributed by atoms with E-state index >= 15 is 0 Å². The first-order valence-electron chi connectivity index (χ1n) is 6.49. The Labute approximate surface area is 122 Å². The van der Waals surface area contributed by atoms with Gasteiger partial charge >= 0.3 is 0 Å². The van der Waals surface area contributed by atoms with Crippen LogP contribution in [-0.4, -0.2) is 18.5 Å². The van der Waals surface area contributed by atoms with Crippen LogP contribution < -0.4 is 10.1 Å². The molecule has 2 aromatic carbocycles. The molecule has 1 N–H and O–H groups in total. The highest BCUT2D eigenvalue weighted by Gasteiger charge is 2.08. The molecule has 0 aliphatic rings. The molecule has 0 unspecified atom stereocenters. The summed E-state index contributed by atoms with van der Waals surface area (Å²) in [7, 11) is 3.64. The largest absolute Gasteiger partial charge is 0.497 e. The first-order valence-corrected chi connectivity index (χ1v) is 7.26. The van der Waals surface area contributed by atoms with E-state index in [1.54, 1.807) is 18.6 Å². The molecular formula is C16H16N2OS. The van der Waals surface area contributed by atoms with Gasteiger partial charge in [-0.1, -0.05) is 24.3 Å². The van der Waals surface area contributed by atoms with Crippen LogP contribution in [-0.2, 0) is 6.54 Å². The van der Waals surface area contributed by atoms with Gasteiger partial charge in [0, 0.05) is 17.0 Å². The van der Waals surface area contributed by atoms with Gasteiger partial charge in [0.1, 0.15) is 5.75 Å². The summed E-state index contributed by atoms with van der Waals surface area (Å²) in [4.78, 5) is 1.24. The Morgan fingerprint density at radius 1 is 1.20 bits per heavy atom. The van der Waals surface area contributed by atoms with Gasteiger partial charge in [0.15, 0.2) is 0 Å². The van der Waals surface area contributed by atoms with Gasteiger partial charge in [-0.2, -0.15) is 4.37 Å². The van der Waals surface area contributed by atoms with Gasteiger partial charge in [0.2, 0.25) is 0 Å². The molecule has 0 radical (unpaired) electrons. The van der Waals surface area contributed by atoms with Crippen LogP contribution in [0.2, 0.25) is 0 Å². The lowest BCUT2D eigenvalue weighted by molar-refractivity contribution is 0.415. The van der Waals surface area contributed by atoms with E-state index in [1.807, 2.05) is 13.1 Å². The van der Waals surface area contributed by atoms with Gasteiger partial charge in [-0.05, 0) is 47.6 Å². The van der Waals surface area contributed by atoms with E-state index in [-0.39, 0.29) is 0 Å². The van der Waals surface area contributed by atoms with Crippen molar-refractivity contribution in [2.75, 3.05) is 14.2 Å². The molecule has 0 saturated carbocycles. The molecule has 0 atom stereocenters. The minimum atomic E-state index is 0.853. The molecule has 20 heavy (non-hydrogen) atoms. The van der Waals surface area contributed by atoms with Gasteiger partial charge in [-0.15, -0.1) is 0 Å². The summed E-state index contributed by atoms with van der Waals surface area (Å²) in [5.41, 5.74) is 2.18. The molecule has 4 heteroatoms. The van der Waals surface area contributed by atoms with Crippen molar-refractivity contribution >= 4 is 22.3 Å². The predicted octanol–water partition coefficient (Wildman–Crippen LogP) is 3.69. The van der Waals surface area contributed by atoms with Crippen molar-refractivity contribution in [3.05, 3.63) is 47.3 Å². The van der Waals surface area contributed by atoms with E-state index in [2.05, 4.69) is 46.1 Å². The molecular weight excluding hydrogens is 268 g/mol. The van der Waals surface area contributed by atoms with E-state index < -0.39 is 0 Å². The van der Waals surface area contributed by atoms with Gasteiger partial charge < -0.3 is 10.1 Å². The number of rotatable bonds is 4. The SMILES string of the molecule is CNCc1cc(-c2cccc3ccc(OC)cc23)ns1. The normalized spacial score (nSPS) is 10.9. The lowest BCUT2D eigenvalue weighted by atomic mass is 10.0. The van der Waals surface area contributed by atoms with Crippen LogP contribution in [0.25, 0.3) is 22.0 Å². The Morgan fingerprint density at radius 3 is 2.90 bits per heavy atom. The zero-order chi connectivity index (χ0) is 13.9. The van der Waals surface area contributed by atoms with Crippen LogP contribution in [0.3, 0.4) is 0 Å². The van der Waals surface area contributed by atoms with Crippen LogP contribution in [0.5, 0.6) is 5.75 Å². The summed E-state index contributed by atoms with van der Waals surface area (Å²) in [5, 5.41) is 5.53. The molecule has 0 saturated heterocycles. The number of nitrogens with one attached hydrogen (secondary N) is 1. The maximum Gasteiger partial charge on any atom is 0.119 e. The second kappa shape index (κ2) is 5.61. The summed E-state index contributed by atoms with van der Waals surface area (Å²) in [6.07, 6.45) is 0. The predicted molar refractivity (Wildman–Crippen MR) is 84.4 cm³/mol. The highest BCUT2D eigenvalue weighted by molar-refractivity contribution is 7.06. The Hall–Kier alpha value is -1.91. The molecule has 0 spiro atoms. The fourth-order valence-corrected chi connectivity index (χ4v) is 3.04. The minimum Gasteiger partial charge on any atom is -0.497 e.